The third kappa shape index (κ3) is 18.8. The molecule has 0 fully saturated rings. The molecule has 0 N–H and O–H groups in total. The van der Waals surface area contributed by atoms with Gasteiger partial charge in [0.25, 0.3) is 0 Å². The highest BCUT2D eigenvalue weighted by Crippen LogP contribution is 2.07. The van der Waals surface area contributed by atoms with Gasteiger partial charge in [-0.1, -0.05) is 39.0 Å². The average Bonchev–Trinajstić information content (AvgIpc) is 2.52. The van der Waals surface area contributed by atoms with Crippen LogP contribution in [-0.4, -0.2) is 51.6 Å². The number of esters is 2. The molecule has 0 aromatic heterocycles. The molecule has 0 saturated carbocycles. The van der Waals surface area contributed by atoms with Gasteiger partial charge in [0.15, 0.2) is 0 Å². The molecule has 0 saturated heterocycles. The molecule has 23 heavy (non-hydrogen) atoms. The van der Waals surface area contributed by atoms with Gasteiger partial charge in [0.05, 0.1) is 26.4 Å². The van der Waals surface area contributed by atoms with Gasteiger partial charge in [-0.2, -0.15) is 0 Å². The summed E-state index contributed by atoms with van der Waals surface area (Å²) >= 11 is 0. The highest BCUT2D eigenvalue weighted by Gasteiger charge is 2.02. The summed E-state index contributed by atoms with van der Waals surface area (Å²) in [5, 5.41) is 0. The van der Waals surface area contributed by atoms with Crippen molar-refractivity contribution in [2.24, 2.45) is 0 Å². The van der Waals surface area contributed by atoms with Crippen molar-refractivity contribution < 1.29 is 28.5 Å². The first-order valence-corrected chi connectivity index (χ1v) is 8.61. The third-order valence-electron chi connectivity index (χ3n) is 3.13. The molecule has 0 amide bonds. The summed E-state index contributed by atoms with van der Waals surface area (Å²) in [4.78, 5) is 21.9. The molecule has 0 unspecified atom stereocenters. The van der Waals surface area contributed by atoms with Crippen molar-refractivity contribution in [2.45, 2.75) is 58.8 Å². The van der Waals surface area contributed by atoms with Crippen LogP contribution in [0, 0.1) is 0 Å². The van der Waals surface area contributed by atoms with E-state index in [9.17, 15) is 9.59 Å². The van der Waals surface area contributed by atoms with Crippen LogP contribution in [0.15, 0.2) is 0 Å². The maximum atomic E-state index is 11.5. The van der Waals surface area contributed by atoms with Crippen LogP contribution in [0.2, 0.25) is 0 Å². The van der Waals surface area contributed by atoms with E-state index in [2.05, 4.69) is 6.92 Å². The number of carbonyl (C=O) groups excluding carboxylic acids is 2. The van der Waals surface area contributed by atoms with E-state index in [-0.39, 0.29) is 25.2 Å². The van der Waals surface area contributed by atoms with E-state index >= 15 is 0 Å². The van der Waals surface area contributed by atoms with Gasteiger partial charge in [-0.15, -0.1) is 0 Å². The maximum absolute atomic E-state index is 11.5. The van der Waals surface area contributed by atoms with E-state index in [4.69, 9.17) is 18.9 Å². The van der Waals surface area contributed by atoms with E-state index in [1.165, 1.54) is 32.6 Å². The SMILES string of the molecule is CCCCCCCCC(=O)OCCOCCOCCOC(C)=O. The van der Waals surface area contributed by atoms with Gasteiger partial charge in [-0.25, -0.2) is 0 Å². The second-order valence-corrected chi connectivity index (χ2v) is 5.30. The normalized spacial score (nSPS) is 10.5. The second kappa shape index (κ2) is 17.2. The first-order chi connectivity index (χ1) is 11.2. The Morgan fingerprint density at radius 2 is 1.22 bits per heavy atom. The lowest BCUT2D eigenvalue weighted by Gasteiger charge is -2.07. The van der Waals surface area contributed by atoms with Crippen LogP contribution in [0.1, 0.15) is 58.8 Å². The van der Waals surface area contributed by atoms with E-state index in [1.807, 2.05) is 0 Å². The largest absolute Gasteiger partial charge is 0.463 e. The molecular formula is C17H32O6. The van der Waals surface area contributed by atoms with E-state index in [0.29, 0.717) is 32.8 Å². The van der Waals surface area contributed by atoms with Gasteiger partial charge in [-0.3, -0.25) is 9.59 Å². The summed E-state index contributed by atoms with van der Waals surface area (Å²) in [5.41, 5.74) is 0. The first kappa shape index (κ1) is 21.9. The van der Waals surface area contributed by atoms with Gasteiger partial charge in [0.1, 0.15) is 13.2 Å². The molecule has 0 aromatic rings. The van der Waals surface area contributed by atoms with Crippen molar-refractivity contribution in [3.8, 4) is 0 Å². The summed E-state index contributed by atoms with van der Waals surface area (Å²) in [7, 11) is 0. The van der Waals surface area contributed by atoms with Gasteiger partial charge in [-0.05, 0) is 6.42 Å². The number of unbranched alkanes of at least 4 members (excludes halogenated alkanes) is 5. The van der Waals surface area contributed by atoms with Gasteiger partial charge < -0.3 is 18.9 Å². The zero-order chi connectivity index (χ0) is 17.2. The molecular weight excluding hydrogens is 300 g/mol. The molecule has 6 nitrogen and oxygen atoms in total. The fraction of sp³-hybridized carbons (Fsp3) is 0.882. The van der Waals surface area contributed by atoms with Crippen LogP contribution in [0.25, 0.3) is 0 Å². The molecule has 0 aliphatic carbocycles. The van der Waals surface area contributed by atoms with Crippen LogP contribution in [0.5, 0.6) is 0 Å². The number of hydrogen-bond donors (Lipinski definition) is 0. The molecule has 0 spiro atoms. The van der Waals surface area contributed by atoms with Crippen LogP contribution in [0.3, 0.4) is 0 Å². The van der Waals surface area contributed by atoms with Crippen LogP contribution in [0.4, 0.5) is 0 Å². The minimum absolute atomic E-state index is 0.151. The van der Waals surface area contributed by atoms with Crippen molar-refractivity contribution in [3.05, 3.63) is 0 Å². The Labute approximate surface area is 139 Å². The lowest BCUT2D eigenvalue weighted by atomic mass is 10.1. The Morgan fingerprint density at radius 1 is 0.696 bits per heavy atom. The molecule has 0 radical (unpaired) electrons. The molecule has 0 bridgehead atoms. The fourth-order valence-corrected chi connectivity index (χ4v) is 1.90. The Hall–Kier alpha value is -1.14. The lowest BCUT2D eigenvalue weighted by Crippen LogP contribution is -2.14. The fourth-order valence-electron chi connectivity index (χ4n) is 1.90. The van der Waals surface area contributed by atoms with Crippen LogP contribution in [-0.2, 0) is 28.5 Å². The predicted molar refractivity (Wildman–Crippen MR) is 87.2 cm³/mol. The molecule has 0 rings (SSSR count). The van der Waals surface area contributed by atoms with Crippen molar-refractivity contribution in [1.29, 1.82) is 0 Å². The van der Waals surface area contributed by atoms with E-state index in [1.54, 1.807) is 0 Å². The summed E-state index contributed by atoms with van der Waals surface area (Å²) in [5.74, 6) is -0.464. The Bertz CT molecular complexity index is 293. The molecule has 0 atom stereocenters. The monoisotopic (exact) mass is 332 g/mol. The quantitative estimate of drug-likeness (QED) is 0.320. The summed E-state index contributed by atoms with van der Waals surface area (Å²) in [6.07, 6.45) is 7.44. The third-order valence-corrected chi connectivity index (χ3v) is 3.13. The number of ether oxygens (including phenoxy) is 4. The molecule has 0 heterocycles. The molecule has 136 valence electrons. The number of rotatable bonds is 16. The van der Waals surface area contributed by atoms with Gasteiger partial charge >= 0.3 is 11.9 Å². The average molecular weight is 332 g/mol. The van der Waals surface area contributed by atoms with Crippen molar-refractivity contribution >= 4 is 11.9 Å². The van der Waals surface area contributed by atoms with Crippen LogP contribution >= 0.6 is 0 Å². The molecule has 6 heteroatoms. The Morgan fingerprint density at radius 3 is 1.83 bits per heavy atom. The molecule has 0 aliphatic heterocycles. The van der Waals surface area contributed by atoms with Crippen LogP contribution < -0.4 is 0 Å². The minimum Gasteiger partial charge on any atom is -0.463 e. The highest BCUT2D eigenvalue weighted by molar-refractivity contribution is 5.69. The van der Waals surface area contributed by atoms with E-state index < -0.39 is 0 Å². The van der Waals surface area contributed by atoms with Gasteiger partial charge in [0, 0.05) is 13.3 Å². The lowest BCUT2D eigenvalue weighted by molar-refractivity contribution is -0.146. The minimum atomic E-state index is -0.312. The molecule has 0 aliphatic rings. The number of hydrogen-bond acceptors (Lipinski definition) is 6. The second-order valence-electron chi connectivity index (χ2n) is 5.30. The smallest absolute Gasteiger partial charge is 0.305 e. The topological polar surface area (TPSA) is 71.1 Å². The summed E-state index contributed by atoms with van der Waals surface area (Å²) < 4.78 is 20.3. The summed E-state index contributed by atoms with van der Waals surface area (Å²) in [6, 6.07) is 0. The zero-order valence-corrected chi connectivity index (χ0v) is 14.6. The van der Waals surface area contributed by atoms with Gasteiger partial charge in [0.2, 0.25) is 0 Å². The van der Waals surface area contributed by atoms with E-state index in [0.717, 1.165) is 12.8 Å². The maximum Gasteiger partial charge on any atom is 0.305 e. The highest BCUT2D eigenvalue weighted by atomic mass is 16.6. The Balaban J connectivity index is 3.16. The van der Waals surface area contributed by atoms with Crippen molar-refractivity contribution in [2.75, 3.05) is 39.6 Å². The first-order valence-electron chi connectivity index (χ1n) is 8.61. The summed E-state index contributed by atoms with van der Waals surface area (Å²) in [6.45, 7) is 5.66. The van der Waals surface area contributed by atoms with Crippen molar-refractivity contribution in [3.63, 3.8) is 0 Å². The van der Waals surface area contributed by atoms with Crippen molar-refractivity contribution in [1.82, 2.24) is 0 Å². The zero-order valence-electron chi connectivity index (χ0n) is 14.6. The Kier molecular flexibility index (Phi) is 16.4. The molecule has 0 aromatic carbocycles. The predicted octanol–water partition coefficient (Wildman–Crippen LogP) is 2.88. The standard InChI is InChI=1S/C17H32O6/c1-3-4-5-6-7-8-9-17(19)23-15-13-21-11-10-20-12-14-22-16(2)18/h3-15H2,1-2H3. The number of carbonyl (C=O) groups is 2.